The zero-order valence-electron chi connectivity index (χ0n) is 9.89. The van der Waals surface area contributed by atoms with Gasteiger partial charge in [-0.3, -0.25) is 4.79 Å². The van der Waals surface area contributed by atoms with Crippen LogP contribution in [-0.4, -0.2) is 11.1 Å². The molecule has 0 saturated heterocycles. The van der Waals surface area contributed by atoms with Crippen LogP contribution in [0.5, 0.6) is 0 Å². The first-order chi connectivity index (χ1) is 8.22. The molecule has 2 heteroatoms. The van der Waals surface area contributed by atoms with Crippen molar-refractivity contribution in [3.8, 4) is 0 Å². The summed E-state index contributed by atoms with van der Waals surface area (Å²) in [6, 6.07) is 14.2. The van der Waals surface area contributed by atoms with Gasteiger partial charge in [0.2, 0.25) is 0 Å². The molecule has 1 atom stereocenters. The smallest absolute Gasteiger partial charge is 0.303 e. The molecular formula is C15H16O2. The molecule has 2 rings (SSSR count). The van der Waals surface area contributed by atoms with E-state index in [1.807, 2.05) is 31.2 Å². The molecule has 0 aromatic heterocycles. The van der Waals surface area contributed by atoms with Crippen molar-refractivity contribution < 1.29 is 9.90 Å². The van der Waals surface area contributed by atoms with Crippen LogP contribution >= 0.6 is 0 Å². The second-order valence-corrected chi connectivity index (χ2v) is 4.27. The normalized spacial score (nSPS) is 12.5. The van der Waals surface area contributed by atoms with E-state index in [4.69, 9.17) is 5.11 Å². The predicted octanol–water partition coefficient (Wildman–Crippen LogP) is 3.81. The van der Waals surface area contributed by atoms with Gasteiger partial charge in [-0.25, -0.2) is 0 Å². The molecule has 0 spiro atoms. The van der Waals surface area contributed by atoms with Crippen LogP contribution in [0, 0.1) is 0 Å². The Morgan fingerprint density at radius 1 is 1.18 bits per heavy atom. The van der Waals surface area contributed by atoms with E-state index in [-0.39, 0.29) is 12.3 Å². The van der Waals surface area contributed by atoms with Gasteiger partial charge in [-0.05, 0) is 28.7 Å². The van der Waals surface area contributed by atoms with E-state index in [0.717, 1.165) is 12.0 Å². The maximum absolute atomic E-state index is 10.9. The Morgan fingerprint density at radius 2 is 1.88 bits per heavy atom. The third-order valence-corrected chi connectivity index (χ3v) is 3.18. The van der Waals surface area contributed by atoms with Gasteiger partial charge in [-0.2, -0.15) is 0 Å². The van der Waals surface area contributed by atoms with Gasteiger partial charge in [-0.1, -0.05) is 49.4 Å². The number of aliphatic carboxylic acids is 1. The number of carbonyl (C=O) groups is 1. The third kappa shape index (κ3) is 2.47. The highest BCUT2D eigenvalue weighted by Gasteiger charge is 2.15. The maximum atomic E-state index is 10.9. The highest BCUT2D eigenvalue weighted by Crippen LogP contribution is 2.30. The first kappa shape index (κ1) is 11.6. The SMILES string of the molecule is CC[C@H](CC(=O)O)c1cccc2ccccc12. The Balaban J connectivity index is 2.49. The standard InChI is InChI=1S/C15H16O2/c1-2-11(10-15(16)17)13-9-5-7-12-6-3-4-8-14(12)13/h3-9,11H,2,10H2,1H3,(H,16,17)/t11-/m1/s1. The molecule has 17 heavy (non-hydrogen) atoms. The molecule has 1 N–H and O–H groups in total. The summed E-state index contributed by atoms with van der Waals surface area (Å²) >= 11 is 0. The molecule has 0 bridgehead atoms. The topological polar surface area (TPSA) is 37.3 Å². The fraction of sp³-hybridized carbons (Fsp3) is 0.267. The monoisotopic (exact) mass is 228 g/mol. The molecule has 0 aliphatic heterocycles. The Kier molecular flexibility index (Phi) is 3.43. The van der Waals surface area contributed by atoms with E-state index in [9.17, 15) is 4.79 Å². The van der Waals surface area contributed by atoms with E-state index in [1.165, 1.54) is 10.8 Å². The third-order valence-electron chi connectivity index (χ3n) is 3.18. The zero-order chi connectivity index (χ0) is 12.3. The first-order valence-electron chi connectivity index (χ1n) is 5.91. The van der Waals surface area contributed by atoms with Gasteiger partial charge in [0.15, 0.2) is 0 Å². The summed E-state index contributed by atoms with van der Waals surface area (Å²) in [6.45, 7) is 2.04. The minimum Gasteiger partial charge on any atom is -0.481 e. The second kappa shape index (κ2) is 5.00. The Hall–Kier alpha value is -1.83. The van der Waals surface area contributed by atoms with Crippen LogP contribution in [0.15, 0.2) is 42.5 Å². The fourth-order valence-electron chi connectivity index (χ4n) is 2.29. The van der Waals surface area contributed by atoms with Crippen molar-refractivity contribution in [3.05, 3.63) is 48.0 Å². The van der Waals surface area contributed by atoms with Crippen molar-refractivity contribution in [1.29, 1.82) is 0 Å². The van der Waals surface area contributed by atoms with Crippen LogP contribution < -0.4 is 0 Å². The molecule has 2 aromatic rings. The van der Waals surface area contributed by atoms with Crippen molar-refractivity contribution in [2.75, 3.05) is 0 Å². The van der Waals surface area contributed by atoms with Gasteiger partial charge < -0.3 is 5.11 Å². The van der Waals surface area contributed by atoms with Gasteiger partial charge in [0.05, 0.1) is 6.42 Å². The van der Waals surface area contributed by atoms with E-state index < -0.39 is 5.97 Å². The van der Waals surface area contributed by atoms with E-state index in [0.29, 0.717) is 0 Å². The number of carboxylic acid groups (broad SMARTS) is 1. The van der Waals surface area contributed by atoms with Gasteiger partial charge in [0, 0.05) is 0 Å². The predicted molar refractivity (Wildman–Crippen MR) is 69.2 cm³/mol. The van der Waals surface area contributed by atoms with Crippen molar-refractivity contribution in [2.45, 2.75) is 25.7 Å². The van der Waals surface area contributed by atoms with Crippen molar-refractivity contribution in [1.82, 2.24) is 0 Å². The lowest BCUT2D eigenvalue weighted by molar-refractivity contribution is -0.137. The molecule has 0 amide bonds. The highest BCUT2D eigenvalue weighted by atomic mass is 16.4. The minimum atomic E-state index is -0.732. The Bertz CT molecular complexity index is 526. The Morgan fingerprint density at radius 3 is 2.59 bits per heavy atom. The number of hydrogen-bond acceptors (Lipinski definition) is 1. The number of benzene rings is 2. The number of hydrogen-bond donors (Lipinski definition) is 1. The van der Waals surface area contributed by atoms with Crippen LogP contribution in [0.4, 0.5) is 0 Å². The van der Waals surface area contributed by atoms with Gasteiger partial charge >= 0.3 is 5.97 Å². The highest BCUT2D eigenvalue weighted by molar-refractivity contribution is 5.86. The summed E-state index contributed by atoms with van der Waals surface area (Å²) in [5.41, 5.74) is 1.15. The summed E-state index contributed by atoms with van der Waals surface area (Å²) in [6.07, 6.45) is 1.05. The van der Waals surface area contributed by atoms with E-state index in [1.54, 1.807) is 0 Å². The van der Waals surface area contributed by atoms with Crippen molar-refractivity contribution >= 4 is 16.7 Å². The molecule has 88 valence electrons. The van der Waals surface area contributed by atoms with Crippen molar-refractivity contribution in [3.63, 3.8) is 0 Å². The largest absolute Gasteiger partial charge is 0.481 e. The molecule has 0 heterocycles. The fourth-order valence-corrected chi connectivity index (χ4v) is 2.29. The molecule has 0 unspecified atom stereocenters. The lowest BCUT2D eigenvalue weighted by atomic mass is 9.89. The average molecular weight is 228 g/mol. The number of carboxylic acids is 1. The van der Waals surface area contributed by atoms with Crippen LogP contribution in [0.25, 0.3) is 10.8 Å². The molecule has 0 saturated carbocycles. The van der Waals surface area contributed by atoms with Gasteiger partial charge in [-0.15, -0.1) is 0 Å². The van der Waals surface area contributed by atoms with E-state index in [2.05, 4.69) is 18.2 Å². The average Bonchev–Trinajstić information content (AvgIpc) is 2.35. The summed E-state index contributed by atoms with van der Waals surface area (Å²) in [4.78, 5) is 10.9. The first-order valence-corrected chi connectivity index (χ1v) is 5.91. The quantitative estimate of drug-likeness (QED) is 0.864. The molecule has 0 aliphatic carbocycles. The molecule has 2 aromatic carbocycles. The zero-order valence-corrected chi connectivity index (χ0v) is 9.89. The Labute approximate surface area is 101 Å². The molecule has 0 aliphatic rings. The maximum Gasteiger partial charge on any atom is 0.303 e. The number of rotatable bonds is 4. The van der Waals surface area contributed by atoms with E-state index >= 15 is 0 Å². The van der Waals surface area contributed by atoms with Gasteiger partial charge in [0.25, 0.3) is 0 Å². The van der Waals surface area contributed by atoms with Crippen LogP contribution in [0.2, 0.25) is 0 Å². The van der Waals surface area contributed by atoms with Crippen LogP contribution in [0.1, 0.15) is 31.2 Å². The molecule has 0 radical (unpaired) electrons. The molecular weight excluding hydrogens is 212 g/mol. The lowest BCUT2D eigenvalue weighted by Gasteiger charge is -2.15. The number of fused-ring (bicyclic) bond motifs is 1. The second-order valence-electron chi connectivity index (χ2n) is 4.27. The minimum absolute atomic E-state index is 0.0959. The van der Waals surface area contributed by atoms with Crippen LogP contribution in [-0.2, 0) is 4.79 Å². The van der Waals surface area contributed by atoms with Gasteiger partial charge in [0.1, 0.15) is 0 Å². The summed E-state index contributed by atoms with van der Waals surface area (Å²) in [7, 11) is 0. The van der Waals surface area contributed by atoms with Crippen LogP contribution in [0.3, 0.4) is 0 Å². The summed E-state index contributed by atoms with van der Waals surface area (Å²) in [5.74, 6) is -0.636. The summed E-state index contributed by atoms with van der Waals surface area (Å²) in [5, 5.41) is 11.3. The van der Waals surface area contributed by atoms with Crippen molar-refractivity contribution in [2.24, 2.45) is 0 Å². The summed E-state index contributed by atoms with van der Waals surface area (Å²) < 4.78 is 0. The lowest BCUT2D eigenvalue weighted by Crippen LogP contribution is -2.05. The molecule has 2 nitrogen and oxygen atoms in total. The molecule has 0 fully saturated rings.